The fourth-order valence-corrected chi connectivity index (χ4v) is 1.77. The molecule has 0 bridgehead atoms. The number of methoxy groups -OCH3 is 1. The zero-order valence-electron chi connectivity index (χ0n) is 9.60. The first kappa shape index (κ1) is 11.5. The molecule has 0 spiro atoms. The smallest absolute Gasteiger partial charge is 0.249 e. The van der Waals surface area contributed by atoms with Crippen molar-refractivity contribution in [2.24, 2.45) is 5.73 Å². The van der Waals surface area contributed by atoms with Gasteiger partial charge >= 0.3 is 0 Å². The van der Waals surface area contributed by atoms with Gasteiger partial charge in [-0.1, -0.05) is 12.1 Å². The van der Waals surface area contributed by atoms with Crippen molar-refractivity contribution in [3.8, 4) is 0 Å². The van der Waals surface area contributed by atoms with Crippen molar-refractivity contribution in [1.29, 1.82) is 0 Å². The molecule has 0 radical (unpaired) electrons. The number of hydrogen-bond donors (Lipinski definition) is 1. The lowest BCUT2D eigenvalue weighted by Gasteiger charge is -2.15. The molecule has 90 valence electrons. The first-order valence-corrected chi connectivity index (χ1v) is 5.43. The van der Waals surface area contributed by atoms with Crippen LogP contribution in [0.4, 0.5) is 0 Å². The molecule has 2 heterocycles. The van der Waals surface area contributed by atoms with Crippen LogP contribution >= 0.6 is 0 Å². The maximum absolute atomic E-state index is 6.11. The Bertz CT molecular complexity index is 343. The highest BCUT2D eigenvalue weighted by Crippen LogP contribution is 2.27. The Morgan fingerprint density at radius 3 is 3.00 bits per heavy atom. The molecular formula is C10H17N3O3. The third-order valence-electron chi connectivity index (χ3n) is 2.86. The van der Waals surface area contributed by atoms with Crippen LogP contribution < -0.4 is 5.73 Å². The molecule has 0 amide bonds. The summed E-state index contributed by atoms with van der Waals surface area (Å²) in [7, 11) is 1.63. The van der Waals surface area contributed by atoms with Gasteiger partial charge in [-0.05, 0) is 12.8 Å². The van der Waals surface area contributed by atoms with Gasteiger partial charge in [-0.15, -0.1) is 0 Å². The van der Waals surface area contributed by atoms with Gasteiger partial charge in [0, 0.05) is 13.7 Å². The third kappa shape index (κ3) is 1.95. The number of hydrogen-bond acceptors (Lipinski definition) is 6. The van der Waals surface area contributed by atoms with Gasteiger partial charge in [0.25, 0.3) is 0 Å². The van der Waals surface area contributed by atoms with Crippen LogP contribution in [0.1, 0.15) is 37.6 Å². The molecule has 1 saturated heterocycles. The zero-order valence-corrected chi connectivity index (χ0v) is 9.60. The molecule has 2 atom stereocenters. The molecule has 1 aromatic rings. The predicted molar refractivity (Wildman–Crippen MR) is 55.6 cm³/mol. The Labute approximate surface area is 94.1 Å². The van der Waals surface area contributed by atoms with Crippen LogP contribution in [0, 0.1) is 0 Å². The number of rotatable bonds is 4. The van der Waals surface area contributed by atoms with Gasteiger partial charge < -0.3 is 19.7 Å². The largest absolute Gasteiger partial charge is 0.379 e. The molecule has 16 heavy (non-hydrogen) atoms. The van der Waals surface area contributed by atoms with E-state index in [1.54, 1.807) is 7.11 Å². The fraction of sp³-hybridized carbons (Fsp3) is 0.800. The van der Waals surface area contributed by atoms with Gasteiger partial charge in [-0.3, -0.25) is 0 Å². The van der Waals surface area contributed by atoms with E-state index in [1.165, 1.54) is 0 Å². The summed E-state index contributed by atoms with van der Waals surface area (Å²) < 4.78 is 15.7. The van der Waals surface area contributed by atoms with Crippen LogP contribution in [0.5, 0.6) is 0 Å². The highest BCUT2D eigenvalue weighted by Gasteiger charge is 2.38. The van der Waals surface area contributed by atoms with E-state index in [4.69, 9.17) is 19.7 Å². The number of nitrogens with zero attached hydrogens (tertiary/aromatic N) is 2. The molecule has 2 unspecified atom stereocenters. The van der Waals surface area contributed by atoms with Crippen molar-refractivity contribution >= 4 is 0 Å². The van der Waals surface area contributed by atoms with Gasteiger partial charge in [0.15, 0.2) is 0 Å². The van der Waals surface area contributed by atoms with E-state index >= 15 is 0 Å². The second-order valence-electron chi connectivity index (χ2n) is 4.05. The van der Waals surface area contributed by atoms with Gasteiger partial charge in [0.05, 0.1) is 6.61 Å². The van der Waals surface area contributed by atoms with Crippen molar-refractivity contribution in [3.63, 3.8) is 0 Å². The molecule has 2 rings (SSSR count). The zero-order chi connectivity index (χ0) is 11.6. The molecule has 1 aliphatic rings. The average molecular weight is 227 g/mol. The van der Waals surface area contributed by atoms with Gasteiger partial charge in [0.2, 0.25) is 11.7 Å². The van der Waals surface area contributed by atoms with Crippen LogP contribution in [-0.4, -0.2) is 30.5 Å². The normalized spacial score (nSPS) is 27.2. The van der Waals surface area contributed by atoms with Crippen molar-refractivity contribution in [3.05, 3.63) is 11.7 Å². The molecule has 6 nitrogen and oxygen atoms in total. The summed E-state index contributed by atoms with van der Waals surface area (Å²) in [4.78, 5) is 4.30. The molecule has 1 fully saturated rings. The maximum atomic E-state index is 6.11. The summed E-state index contributed by atoms with van der Waals surface area (Å²) in [5.74, 6) is 0.993. The molecule has 1 aromatic heterocycles. The average Bonchev–Trinajstić information content (AvgIpc) is 2.90. The van der Waals surface area contributed by atoms with E-state index in [2.05, 4.69) is 10.1 Å². The Morgan fingerprint density at radius 2 is 2.44 bits per heavy atom. The topological polar surface area (TPSA) is 83.4 Å². The Kier molecular flexibility index (Phi) is 3.22. The van der Waals surface area contributed by atoms with E-state index in [0.29, 0.717) is 31.3 Å². The summed E-state index contributed by atoms with van der Waals surface area (Å²) in [5.41, 5.74) is 5.49. The van der Waals surface area contributed by atoms with Crippen molar-refractivity contribution < 1.29 is 14.0 Å². The van der Waals surface area contributed by atoms with Crippen molar-refractivity contribution in [2.75, 3.05) is 20.3 Å². The Hall–Kier alpha value is -0.980. The standard InChI is InChI=1S/C10H17N3O3/c1-3-7(14-2)8-12-9(16-13-8)10(11)4-5-15-6-10/h7H,3-6,11H2,1-2H3. The number of ether oxygens (including phenoxy) is 2. The van der Waals surface area contributed by atoms with Crippen molar-refractivity contribution in [1.82, 2.24) is 10.1 Å². The summed E-state index contributed by atoms with van der Waals surface area (Å²) in [6.07, 6.45) is 1.37. The molecule has 2 N–H and O–H groups in total. The SMILES string of the molecule is CCC(OC)c1noc(C2(N)CCOC2)n1. The van der Waals surface area contributed by atoms with E-state index in [9.17, 15) is 0 Å². The summed E-state index contributed by atoms with van der Waals surface area (Å²) >= 11 is 0. The minimum absolute atomic E-state index is 0.136. The first-order chi connectivity index (χ1) is 7.69. The monoisotopic (exact) mass is 227 g/mol. The quantitative estimate of drug-likeness (QED) is 0.816. The van der Waals surface area contributed by atoms with Gasteiger partial charge in [0.1, 0.15) is 11.6 Å². The van der Waals surface area contributed by atoms with Crippen LogP contribution in [0.3, 0.4) is 0 Å². The van der Waals surface area contributed by atoms with E-state index in [-0.39, 0.29) is 6.10 Å². The highest BCUT2D eigenvalue weighted by molar-refractivity contribution is 5.05. The van der Waals surface area contributed by atoms with Crippen molar-refractivity contribution in [2.45, 2.75) is 31.4 Å². The summed E-state index contributed by atoms with van der Waals surface area (Å²) in [6.45, 7) is 3.06. The molecule has 0 aromatic carbocycles. The fourth-order valence-electron chi connectivity index (χ4n) is 1.77. The van der Waals surface area contributed by atoms with E-state index in [0.717, 1.165) is 6.42 Å². The Morgan fingerprint density at radius 1 is 1.62 bits per heavy atom. The van der Waals surface area contributed by atoms with Crippen LogP contribution in [0.15, 0.2) is 4.52 Å². The van der Waals surface area contributed by atoms with E-state index in [1.807, 2.05) is 6.92 Å². The van der Waals surface area contributed by atoms with Crippen LogP contribution in [0.25, 0.3) is 0 Å². The van der Waals surface area contributed by atoms with Gasteiger partial charge in [-0.2, -0.15) is 4.98 Å². The lowest BCUT2D eigenvalue weighted by molar-refractivity contribution is 0.0903. The number of nitrogens with two attached hydrogens (primary N) is 1. The molecule has 0 saturated carbocycles. The second-order valence-corrected chi connectivity index (χ2v) is 4.05. The third-order valence-corrected chi connectivity index (χ3v) is 2.86. The minimum Gasteiger partial charge on any atom is -0.379 e. The number of aromatic nitrogens is 2. The van der Waals surface area contributed by atoms with E-state index < -0.39 is 5.54 Å². The maximum Gasteiger partial charge on any atom is 0.249 e. The summed E-state index contributed by atoms with van der Waals surface area (Å²) in [6, 6.07) is 0. The van der Waals surface area contributed by atoms with Gasteiger partial charge in [-0.25, -0.2) is 0 Å². The lowest BCUT2D eigenvalue weighted by atomic mass is 10.0. The Balaban J connectivity index is 2.18. The molecule has 1 aliphatic heterocycles. The molecule has 6 heteroatoms. The lowest BCUT2D eigenvalue weighted by Crippen LogP contribution is -2.37. The first-order valence-electron chi connectivity index (χ1n) is 5.43. The van der Waals surface area contributed by atoms with Crippen LogP contribution in [0.2, 0.25) is 0 Å². The minimum atomic E-state index is -0.628. The summed E-state index contributed by atoms with van der Waals surface area (Å²) in [5, 5.41) is 3.90. The predicted octanol–water partition coefficient (Wildman–Crippen LogP) is 0.741. The molecular weight excluding hydrogens is 210 g/mol. The molecule has 0 aliphatic carbocycles. The second kappa shape index (κ2) is 4.48. The highest BCUT2D eigenvalue weighted by atomic mass is 16.5. The van der Waals surface area contributed by atoms with Crippen LogP contribution in [-0.2, 0) is 15.0 Å².